The molecule has 3 nitrogen and oxygen atoms in total. The third-order valence-corrected chi connectivity index (χ3v) is 6.84. The predicted molar refractivity (Wildman–Crippen MR) is 172 cm³/mol. The molecule has 0 saturated heterocycles. The van der Waals surface area contributed by atoms with E-state index in [1.54, 1.807) is 18.6 Å². The van der Waals surface area contributed by atoms with Gasteiger partial charge >= 0.3 is 20.1 Å². The van der Waals surface area contributed by atoms with Gasteiger partial charge in [0.15, 0.2) is 0 Å². The first-order chi connectivity index (χ1) is 19.1. The van der Waals surface area contributed by atoms with Crippen LogP contribution in [0.1, 0.15) is 0 Å². The Kier molecular flexibility index (Phi) is 13.6. The van der Waals surface area contributed by atoms with Gasteiger partial charge < -0.3 is 0 Å². The van der Waals surface area contributed by atoms with Crippen LogP contribution in [-0.2, 0) is 20.1 Å². The summed E-state index contributed by atoms with van der Waals surface area (Å²) in [5.74, 6) is 0. The molecule has 6 rings (SSSR count). The molecule has 40 heavy (non-hydrogen) atoms. The molecule has 3 aromatic carbocycles. The number of nitrogens with zero attached hydrogens (tertiary/aromatic N) is 3. The molecular formula is C33H24Br3IrN3+3. The van der Waals surface area contributed by atoms with Gasteiger partial charge in [-0.05, 0) is 72.8 Å². The molecule has 7 heteroatoms. The standard InChI is InChI=1S/3C11H8BrN.Ir/c3*12-10-5-3-4-9(8-10)11-6-1-2-7-13-11;/h3*1-8H;/q;;;+3. The Bertz CT molecular complexity index is 1390. The fourth-order valence-corrected chi connectivity index (χ4v) is 4.74. The first kappa shape index (κ1) is 31.7. The van der Waals surface area contributed by atoms with Crippen molar-refractivity contribution < 1.29 is 20.1 Å². The third-order valence-electron chi connectivity index (χ3n) is 5.36. The molecule has 0 radical (unpaired) electrons. The summed E-state index contributed by atoms with van der Waals surface area (Å²) in [5, 5.41) is 0. The van der Waals surface area contributed by atoms with Crippen LogP contribution in [0, 0.1) is 0 Å². The van der Waals surface area contributed by atoms with Gasteiger partial charge in [0.1, 0.15) is 0 Å². The van der Waals surface area contributed by atoms with Crippen molar-refractivity contribution in [2.24, 2.45) is 0 Å². The normalized spacial score (nSPS) is 9.68. The van der Waals surface area contributed by atoms with Crippen LogP contribution in [-0.4, -0.2) is 15.0 Å². The molecular weight excluding hydrogens is 870 g/mol. The zero-order valence-electron chi connectivity index (χ0n) is 21.2. The smallest absolute Gasteiger partial charge is 0.256 e. The topological polar surface area (TPSA) is 38.7 Å². The molecule has 0 N–H and O–H groups in total. The molecule has 3 heterocycles. The zero-order chi connectivity index (χ0) is 27.3. The number of benzene rings is 3. The average molecular weight is 895 g/mol. The van der Waals surface area contributed by atoms with E-state index in [0.29, 0.717) is 0 Å². The zero-order valence-corrected chi connectivity index (χ0v) is 28.3. The van der Waals surface area contributed by atoms with Gasteiger partial charge in [-0.2, -0.15) is 0 Å². The van der Waals surface area contributed by atoms with Gasteiger partial charge in [-0.3, -0.25) is 15.0 Å². The van der Waals surface area contributed by atoms with Crippen LogP contribution in [0.15, 0.2) is 159 Å². The van der Waals surface area contributed by atoms with Crippen LogP contribution in [0.5, 0.6) is 0 Å². The number of aromatic nitrogens is 3. The summed E-state index contributed by atoms with van der Waals surface area (Å²) in [6, 6.07) is 42.1. The summed E-state index contributed by atoms with van der Waals surface area (Å²) in [6.07, 6.45) is 5.41. The molecule has 198 valence electrons. The van der Waals surface area contributed by atoms with Crippen LogP contribution < -0.4 is 0 Å². The molecule has 0 spiro atoms. The van der Waals surface area contributed by atoms with Crippen molar-refractivity contribution in [1.29, 1.82) is 0 Å². The molecule has 0 unspecified atom stereocenters. The second kappa shape index (κ2) is 17.1. The first-order valence-electron chi connectivity index (χ1n) is 12.1. The molecule has 0 saturated carbocycles. The average Bonchev–Trinajstić information content (AvgIpc) is 2.99. The number of halogens is 3. The fourth-order valence-electron chi connectivity index (χ4n) is 3.54. The van der Waals surface area contributed by atoms with Crippen LogP contribution in [0.25, 0.3) is 33.8 Å². The van der Waals surface area contributed by atoms with E-state index in [1.807, 2.05) is 109 Å². The Balaban J connectivity index is 0.000000163. The Morgan fingerprint density at radius 1 is 0.350 bits per heavy atom. The Hall–Kier alpha value is -2.80. The molecule has 3 aromatic heterocycles. The van der Waals surface area contributed by atoms with Gasteiger partial charge in [-0.15, -0.1) is 0 Å². The number of pyridine rings is 3. The van der Waals surface area contributed by atoms with Crippen molar-refractivity contribution >= 4 is 47.8 Å². The number of hydrogen-bond donors (Lipinski definition) is 0. The summed E-state index contributed by atoms with van der Waals surface area (Å²) < 4.78 is 3.24. The van der Waals surface area contributed by atoms with Gasteiger partial charge in [0, 0.05) is 48.7 Å². The Labute approximate surface area is 273 Å². The maximum Gasteiger partial charge on any atom is 3.00 e. The van der Waals surface area contributed by atoms with E-state index in [0.717, 1.165) is 47.2 Å². The quantitative estimate of drug-likeness (QED) is 0.178. The van der Waals surface area contributed by atoms with E-state index in [-0.39, 0.29) is 20.1 Å². The Morgan fingerprint density at radius 3 is 0.875 bits per heavy atom. The molecule has 0 amide bonds. The van der Waals surface area contributed by atoms with Gasteiger partial charge in [-0.25, -0.2) is 0 Å². The largest absolute Gasteiger partial charge is 3.00 e. The Morgan fingerprint density at radius 2 is 0.650 bits per heavy atom. The second-order valence-corrected chi connectivity index (χ2v) is 10.9. The minimum Gasteiger partial charge on any atom is -0.256 e. The van der Waals surface area contributed by atoms with Crippen LogP contribution in [0.3, 0.4) is 0 Å². The molecule has 0 aliphatic heterocycles. The van der Waals surface area contributed by atoms with Gasteiger partial charge in [0.2, 0.25) is 0 Å². The van der Waals surface area contributed by atoms with E-state index >= 15 is 0 Å². The minimum atomic E-state index is 0. The van der Waals surface area contributed by atoms with Crippen molar-refractivity contribution in [2.75, 3.05) is 0 Å². The van der Waals surface area contributed by atoms with Crippen molar-refractivity contribution in [2.45, 2.75) is 0 Å². The van der Waals surface area contributed by atoms with E-state index in [4.69, 9.17) is 0 Å². The van der Waals surface area contributed by atoms with E-state index in [1.165, 1.54) is 0 Å². The van der Waals surface area contributed by atoms with Crippen molar-refractivity contribution in [3.8, 4) is 33.8 Å². The molecule has 0 aliphatic rings. The SMILES string of the molecule is Brc1cccc(-c2ccccn2)c1.Brc1cccc(-c2ccccn2)c1.Brc1cccc(-c2ccccn2)c1.[Ir+3]. The molecule has 0 atom stereocenters. The maximum absolute atomic E-state index is 4.27. The predicted octanol–water partition coefficient (Wildman–Crippen LogP) is 10.5. The van der Waals surface area contributed by atoms with E-state index in [9.17, 15) is 0 Å². The third kappa shape index (κ3) is 10.3. The van der Waals surface area contributed by atoms with Crippen LogP contribution in [0.2, 0.25) is 0 Å². The summed E-state index contributed by atoms with van der Waals surface area (Å²) in [7, 11) is 0. The van der Waals surface area contributed by atoms with Crippen molar-refractivity contribution in [3.63, 3.8) is 0 Å². The number of hydrogen-bond acceptors (Lipinski definition) is 3. The maximum atomic E-state index is 4.27. The first-order valence-corrected chi connectivity index (χ1v) is 14.5. The van der Waals surface area contributed by atoms with Gasteiger partial charge in [0.05, 0.1) is 17.1 Å². The fraction of sp³-hybridized carbons (Fsp3) is 0. The monoisotopic (exact) mass is 892 g/mol. The molecule has 0 bridgehead atoms. The molecule has 0 aliphatic carbocycles. The van der Waals surface area contributed by atoms with E-state index in [2.05, 4.69) is 80.9 Å². The summed E-state index contributed by atoms with van der Waals surface area (Å²) in [5.41, 5.74) is 6.41. The van der Waals surface area contributed by atoms with Gasteiger partial charge in [-0.1, -0.05) is 102 Å². The minimum absolute atomic E-state index is 0. The van der Waals surface area contributed by atoms with Crippen molar-refractivity contribution in [3.05, 3.63) is 159 Å². The summed E-state index contributed by atoms with van der Waals surface area (Å²) >= 11 is 10.3. The van der Waals surface area contributed by atoms with Crippen LogP contribution >= 0.6 is 47.8 Å². The summed E-state index contributed by atoms with van der Waals surface area (Å²) in [6.45, 7) is 0. The molecule has 0 fully saturated rings. The van der Waals surface area contributed by atoms with Crippen molar-refractivity contribution in [1.82, 2.24) is 15.0 Å². The van der Waals surface area contributed by atoms with Gasteiger partial charge in [0.25, 0.3) is 0 Å². The summed E-state index contributed by atoms with van der Waals surface area (Å²) in [4.78, 5) is 12.8. The van der Waals surface area contributed by atoms with E-state index < -0.39 is 0 Å². The number of rotatable bonds is 3. The second-order valence-electron chi connectivity index (χ2n) is 8.18. The van der Waals surface area contributed by atoms with Crippen LogP contribution in [0.4, 0.5) is 0 Å². The molecule has 6 aromatic rings.